The van der Waals surface area contributed by atoms with E-state index in [2.05, 4.69) is 25.9 Å². The summed E-state index contributed by atoms with van der Waals surface area (Å²) in [6.07, 6.45) is 0.583. The third-order valence-electron chi connectivity index (χ3n) is 3.70. The Labute approximate surface area is 146 Å². The smallest absolute Gasteiger partial charge is 0.303 e. The lowest BCUT2D eigenvalue weighted by Crippen LogP contribution is -2.10. The molecule has 1 aromatic heterocycles. The van der Waals surface area contributed by atoms with Gasteiger partial charge in [0.05, 0.1) is 17.5 Å². The summed E-state index contributed by atoms with van der Waals surface area (Å²) in [4.78, 5) is 19.0. The van der Waals surface area contributed by atoms with E-state index in [4.69, 9.17) is 11.6 Å². The number of benzene rings is 2. The van der Waals surface area contributed by atoms with Crippen LogP contribution in [0.4, 0.5) is 0 Å². The zero-order chi connectivity index (χ0) is 16.4. The number of nitrogens with zero attached hydrogens (tertiary/aromatic N) is 1. The van der Waals surface area contributed by atoms with Gasteiger partial charge < -0.3 is 10.1 Å². The highest BCUT2D eigenvalue weighted by molar-refractivity contribution is 9.10. The molecule has 2 aromatic carbocycles. The molecule has 0 amide bonds. The van der Waals surface area contributed by atoms with Crippen LogP contribution in [-0.2, 0) is 11.2 Å². The van der Waals surface area contributed by atoms with E-state index < -0.39 is 5.97 Å². The normalized spacial score (nSPS) is 12.4. The minimum absolute atomic E-state index is 0.0550. The van der Waals surface area contributed by atoms with E-state index in [1.54, 1.807) is 6.07 Å². The van der Waals surface area contributed by atoms with Crippen molar-refractivity contribution in [3.8, 4) is 0 Å². The van der Waals surface area contributed by atoms with E-state index in [9.17, 15) is 9.90 Å². The van der Waals surface area contributed by atoms with Gasteiger partial charge in [0.1, 0.15) is 5.82 Å². The maximum absolute atomic E-state index is 11.2. The summed E-state index contributed by atoms with van der Waals surface area (Å²) in [6.45, 7) is 0. The molecule has 0 fully saturated rings. The van der Waals surface area contributed by atoms with Crippen LogP contribution in [0.2, 0.25) is 5.02 Å². The van der Waals surface area contributed by atoms with Gasteiger partial charge in [-0.2, -0.15) is 0 Å². The monoisotopic (exact) mass is 392 g/mol. The molecule has 1 unspecified atom stereocenters. The SMILES string of the molecule is O=C(O)CC(Cc1nc2ccc(Cl)cc2[nH]1)c1ccc(Br)cc1. The second-order valence-corrected chi connectivity index (χ2v) is 6.75. The topological polar surface area (TPSA) is 66.0 Å². The number of aromatic nitrogens is 2. The minimum Gasteiger partial charge on any atom is -0.481 e. The van der Waals surface area contributed by atoms with Gasteiger partial charge in [0.25, 0.3) is 0 Å². The van der Waals surface area contributed by atoms with Gasteiger partial charge in [0.2, 0.25) is 0 Å². The first-order valence-electron chi connectivity index (χ1n) is 7.12. The molecule has 0 bridgehead atoms. The van der Waals surface area contributed by atoms with Crippen molar-refractivity contribution in [2.75, 3.05) is 0 Å². The lowest BCUT2D eigenvalue weighted by Gasteiger charge is -2.14. The molecule has 3 rings (SSSR count). The first kappa shape index (κ1) is 16.0. The Morgan fingerprint density at radius 2 is 2.00 bits per heavy atom. The van der Waals surface area contributed by atoms with Crippen molar-refractivity contribution in [1.82, 2.24) is 9.97 Å². The van der Waals surface area contributed by atoms with Crippen molar-refractivity contribution in [1.29, 1.82) is 0 Å². The van der Waals surface area contributed by atoms with Gasteiger partial charge in [-0.25, -0.2) is 4.98 Å². The Morgan fingerprint density at radius 3 is 2.70 bits per heavy atom. The van der Waals surface area contributed by atoms with Gasteiger partial charge in [-0.1, -0.05) is 39.7 Å². The zero-order valence-electron chi connectivity index (χ0n) is 12.1. The Balaban J connectivity index is 1.89. The third-order valence-corrected chi connectivity index (χ3v) is 4.46. The maximum atomic E-state index is 11.2. The number of carboxylic acid groups (broad SMARTS) is 1. The van der Waals surface area contributed by atoms with Gasteiger partial charge in [-0.15, -0.1) is 0 Å². The second kappa shape index (κ2) is 6.72. The number of H-pyrrole nitrogens is 1. The molecular weight excluding hydrogens is 380 g/mol. The summed E-state index contributed by atoms with van der Waals surface area (Å²) < 4.78 is 0.966. The van der Waals surface area contributed by atoms with Crippen LogP contribution in [0.15, 0.2) is 46.9 Å². The molecule has 6 heteroatoms. The molecule has 118 valence electrons. The second-order valence-electron chi connectivity index (χ2n) is 5.40. The first-order chi connectivity index (χ1) is 11.0. The molecule has 1 heterocycles. The van der Waals surface area contributed by atoms with E-state index in [1.807, 2.05) is 36.4 Å². The number of hydrogen-bond donors (Lipinski definition) is 2. The number of hydrogen-bond acceptors (Lipinski definition) is 2. The van der Waals surface area contributed by atoms with Crippen LogP contribution in [0.5, 0.6) is 0 Å². The van der Waals surface area contributed by atoms with Crippen LogP contribution >= 0.6 is 27.5 Å². The van der Waals surface area contributed by atoms with Crippen LogP contribution in [0.3, 0.4) is 0 Å². The maximum Gasteiger partial charge on any atom is 0.303 e. The zero-order valence-corrected chi connectivity index (χ0v) is 14.4. The van der Waals surface area contributed by atoms with Crippen LogP contribution in [0, 0.1) is 0 Å². The highest BCUT2D eigenvalue weighted by Gasteiger charge is 2.18. The summed E-state index contributed by atoms with van der Waals surface area (Å²) >= 11 is 9.38. The number of fused-ring (bicyclic) bond motifs is 1. The molecule has 0 saturated heterocycles. The van der Waals surface area contributed by atoms with E-state index >= 15 is 0 Å². The van der Waals surface area contributed by atoms with Crippen LogP contribution in [0.1, 0.15) is 23.7 Å². The highest BCUT2D eigenvalue weighted by atomic mass is 79.9. The largest absolute Gasteiger partial charge is 0.481 e. The van der Waals surface area contributed by atoms with Crippen molar-refractivity contribution in [3.63, 3.8) is 0 Å². The molecule has 0 spiro atoms. The standard InChI is InChI=1S/C17H14BrClN2O2/c18-12-3-1-10(2-4-12)11(8-17(22)23)7-16-20-14-6-5-13(19)9-15(14)21-16/h1-6,9,11H,7-8H2,(H,20,21)(H,22,23). The number of carboxylic acids is 1. The number of imidazole rings is 1. The van der Waals surface area contributed by atoms with E-state index in [0.29, 0.717) is 11.4 Å². The van der Waals surface area contributed by atoms with Crippen molar-refractivity contribution in [2.24, 2.45) is 0 Å². The quantitative estimate of drug-likeness (QED) is 0.655. The number of nitrogens with one attached hydrogen (secondary N) is 1. The molecule has 23 heavy (non-hydrogen) atoms. The summed E-state index contributed by atoms with van der Waals surface area (Å²) in [5.41, 5.74) is 2.67. The average Bonchev–Trinajstić information content (AvgIpc) is 2.88. The Morgan fingerprint density at radius 1 is 1.26 bits per heavy atom. The molecule has 4 nitrogen and oxygen atoms in total. The van der Waals surface area contributed by atoms with Gasteiger partial charge in [-0.3, -0.25) is 4.79 Å². The summed E-state index contributed by atoms with van der Waals surface area (Å²) in [5, 5.41) is 9.84. The average molecular weight is 394 g/mol. The van der Waals surface area contributed by atoms with Crippen molar-refractivity contribution >= 4 is 44.5 Å². The van der Waals surface area contributed by atoms with Crippen molar-refractivity contribution in [3.05, 3.63) is 63.3 Å². The van der Waals surface area contributed by atoms with Gasteiger partial charge >= 0.3 is 5.97 Å². The van der Waals surface area contributed by atoms with Crippen LogP contribution in [-0.4, -0.2) is 21.0 Å². The molecule has 3 aromatic rings. The number of aliphatic carboxylic acids is 1. The van der Waals surface area contributed by atoms with Crippen LogP contribution in [0.25, 0.3) is 11.0 Å². The van der Waals surface area contributed by atoms with Crippen LogP contribution < -0.4 is 0 Å². The fourth-order valence-electron chi connectivity index (χ4n) is 2.62. The predicted molar refractivity (Wildman–Crippen MR) is 93.9 cm³/mol. The van der Waals surface area contributed by atoms with Crippen molar-refractivity contribution in [2.45, 2.75) is 18.8 Å². The van der Waals surface area contributed by atoms with Gasteiger partial charge in [0, 0.05) is 21.8 Å². The predicted octanol–water partition coefficient (Wildman–Crippen LogP) is 4.78. The summed E-state index contributed by atoms with van der Waals surface area (Å²) in [7, 11) is 0. The highest BCUT2D eigenvalue weighted by Crippen LogP contribution is 2.26. The molecule has 2 N–H and O–H groups in total. The molecule has 0 saturated carbocycles. The summed E-state index contributed by atoms with van der Waals surface area (Å²) in [5.74, 6) is -0.204. The molecular formula is C17H14BrClN2O2. The Bertz CT molecular complexity index is 845. The fraction of sp³-hybridized carbons (Fsp3) is 0.176. The van der Waals surface area contributed by atoms with E-state index in [-0.39, 0.29) is 12.3 Å². The number of halogens is 2. The number of rotatable bonds is 5. The summed E-state index contributed by atoms with van der Waals surface area (Å²) in [6, 6.07) is 13.2. The molecule has 1 atom stereocenters. The molecule has 0 aliphatic rings. The first-order valence-corrected chi connectivity index (χ1v) is 8.30. The molecule has 0 radical (unpaired) electrons. The van der Waals surface area contributed by atoms with Gasteiger partial charge in [-0.05, 0) is 35.9 Å². The van der Waals surface area contributed by atoms with E-state index in [1.165, 1.54) is 0 Å². The third kappa shape index (κ3) is 3.92. The molecule has 0 aliphatic heterocycles. The molecule has 0 aliphatic carbocycles. The van der Waals surface area contributed by atoms with Crippen molar-refractivity contribution < 1.29 is 9.90 Å². The van der Waals surface area contributed by atoms with E-state index in [0.717, 1.165) is 26.9 Å². The van der Waals surface area contributed by atoms with Gasteiger partial charge in [0.15, 0.2) is 0 Å². The number of aromatic amines is 1. The lowest BCUT2D eigenvalue weighted by molar-refractivity contribution is -0.137. The Kier molecular flexibility index (Phi) is 4.68. The lowest BCUT2D eigenvalue weighted by atomic mass is 9.92. The fourth-order valence-corrected chi connectivity index (χ4v) is 3.05. The number of carbonyl (C=O) groups is 1. The Hall–Kier alpha value is -1.85. The minimum atomic E-state index is -0.822.